The molecule has 3 aliphatic carbocycles. The van der Waals surface area contributed by atoms with Gasteiger partial charge in [0.2, 0.25) is 0 Å². The molecule has 0 aromatic heterocycles. The van der Waals surface area contributed by atoms with Gasteiger partial charge in [-0.05, 0) is 41.9 Å². The first-order valence-electron chi connectivity index (χ1n) is 6.46. The van der Waals surface area contributed by atoms with Crippen molar-refractivity contribution in [3.63, 3.8) is 0 Å². The molecule has 0 radical (unpaired) electrons. The van der Waals surface area contributed by atoms with Gasteiger partial charge in [0.05, 0.1) is 0 Å². The lowest BCUT2D eigenvalue weighted by Gasteiger charge is -2.45. The van der Waals surface area contributed by atoms with E-state index < -0.39 is 0 Å². The molecule has 0 spiro atoms. The van der Waals surface area contributed by atoms with Crippen molar-refractivity contribution < 1.29 is 4.79 Å². The highest BCUT2D eigenvalue weighted by molar-refractivity contribution is 5.84. The molecule has 84 valence electrons. The molecule has 0 saturated heterocycles. The van der Waals surface area contributed by atoms with Crippen molar-refractivity contribution in [2.45, 2.75) is 59.3 Å². The van der Waals surface area contributed by atoms with E-state index in [2.05, 4.69) is 20.8 Å². The minimum Gasteiger partial charge on any atom is -0.299 e. The Kier molecular flexibility index (Phi) is 1.64. The average molecular weight is 206 g/mol. The number of fused-ring (bicyclic) bond motifs is 5. The maximum atomic E-state index is 12.1. The van der Waals surface area contributed by atoms with Crippen molar-refractivity contribution in [3.8, 4) is 0 Å². The van der Waals surface area contributed by atoms with Gasteiger partial charge in [0, 0.05) is 12.3 Å². The number of Topliss-reactive ketones (excluding diaryl/α,β-unsaturated/α-hetero) is 1. The Morgan fingerprint density at radius 1 is 1.13 bits per heavy atom. The lowest BCUT2D eigenvalue weighted by Crippen LogP contribution is -2.38. The second kappa shape index (κ2) is 2.49. The van der Waals surface area contributed by atoms with E-state index in [1.165, 1.54) is 25.7 Å². The highest BCUT2D eigenvalue weighted by Gasteiger charge is 2.69. The number of carbonyl (C=O) groups excluding carboxylic acids is 1. The summed E-state index contributed by atoms with van der Waals surface area (Å²) in [6.45, 7) is 7.32. The summed E-state index contributed by atoms with van der Waals surface area (Å²) in [7, 11) is 0. The van der Waals surface area contributed by atoms with E-state index >= 15 is 0 Å². The van der Waals surface area contributed by atoms with Crippen molar-refractivity contribution in [3.05, 3.63) is 0 Å². The zero-order chi connectivity index (χ0) is 10.9. The molecule has 0 amide bonds. The van der Waals surface area contributed by atoms with Crippen LogP contribution in [0.1, 0.15) is 59.3 Å². The van der Waals surface area contributed by atoms with Crippen LogP contribution in [0.3, 0.4) is 0 Å². The number of rotatable bonds is 0. The predicted octanol–water partition coefficient (Wildman–Crippen LogP) is 3.57. The van der Waals surface area contributed by atoms with E-state index in [0.717, 1.165) is 12.8 Å². The molecular weight excluding hydrogens is 184 g/mol. The number of hydrogen-bond donors (Lipinski definition) is 0. The molecule has 1 heteroatoms. The van der Waals surface area contributed by atoms with Gasteiger partial charge in [0.1, 0.15) is 5.78 Å². The van der Waals surface area contributed by atoms with Crippen LogP contribution in [-0.4, -0.2) is 5.78 Å². The summed E-state index contributed by atoms with van der Waals surface area (Å²) in [5, 5.41) is 0. The van der Waals surface area contributed by atoms with Gasteiger partial charge in [-0.25, -0.2) is 0 Å². The average Bonchev–Trinajstić information content (AvgIpc) is 2.55. The Morgan fingerprint density at radius 2 is 1.87 bits per heavy atom. The minimum absolute atomic E-state index is 0.329. The molecule has 0 aromatic carbocycles. The summed E-state index contributed by atoms with van der Waals surface area (Å²) < 4.78 is 0. The Hall–Kier alpha value is -0.330. The summed E-state index contributed by atoms with van der Waals surface area (Å²) in [6.07, 6.45) is 7.16. The first-order chi connectivity index (χ1) is 6.93. The molecule has 0 heterocycles. The van der Waals surface area contributed by atoms with Gasteiger partial charge in [-0.1, -0.05) is 27.2 Å². The lowest BCUT2D eigenvalue weighted by molar-refractivity contribution is -0.127. The fourth-order valence-corrected chi connectivity index (χ4v) is 5.24. The topological polar surface area (TPSA) is 17.1 Å². The second-order valence-electron chi connectivity index (χ2n) is 6.89. The Bertz CT molecular complexity index is 334. The van der Waals surface area contributed by atoms with Crippen LogP contribution >= 0.6 is 0 Å². The van der Waals surface area contributed by atoms with Crippen molar-refractivity contribution >= 4 is 5.78 Å². The fourth-order valence-electron chi connectivity index (χ4n) is 5.24. The fraction of sp³-hybridized carbons (Fsp3) is 0.929. The molecule has 3 saturated carbocycles. The van der Waals surface area contributed by atoms with Crippen LogP contribution in [0.4, 0.5) is 0 Å². The summed E-state index contributed by atoms with van der Waals surface area (Å²) in [4.78, 5) is 12.1. The second-order valence-corrected chi connectivity index (χ2v) is 6.89. The number of hydrogen-bond acceptors (Lipinski definition) is 1. The third kappa shape index (κ3) is 0.855. The zero-order valence-corrected chi connectivity index (χ0v) is 10.2. The molecule has 2 bridgehead atoms. The first kappa shape index (κ1) is 9.86. The molecule has 0 aromatic rings. The van der Waals surface area contributed by atoms with E-state index in [-0.39, 0.29) is 0 Å². The maximum Gasteiger partial charge on any atom is 0.136 e. The summed E-state index contributed by atoms with van der Waals surface area (Å²) >= 11 is 0. The molecule has 4 atom stereocenters. The van der Waals surface area contributed by atoms with Gasteiger partial charge in [-0.2, -0.15) is 0 Å². The minimum atomic E-state index is 0.329. The Balaban J connectivity index is 2.16. The highest BCUT2D eigenvalue weighted by atomic mass is 16.1. The van der Waals surface area contributed by atoms with Gasteiger partial charge in [0.15, 0.2) is 0 Å². The highest BCUT2D eigenvalue weighted by Crippen LogP contribution is 2.75. The van der Waals surface area contributed by atoms with Crippen LogP contribution in [-0.2, 0) is 4.79 Å². The third-order valence-electron chi connectivity index (χ3n) is 6.70. The lowest BCUT2D eigenvalue weighted by atomic mass is 9.59. The smallest absolute Gasteiger partial charge is 0.136 e. The van der Waals surface area contributed by atoms with Gasteiger partial charge in [-0.15, -0.1) is 0 Å². The van der Waals surface area contributed by atoms with E-state index in [1.54, 1.807) is 0 Å². The Morgan fingerprint density at radius 3 is 2.60 bits per heavy atom. The molecule has 15 heavy (non-hydrogen) atoms. The quantitative estimate of drug-likeness (QED) is 0.592. The summed E-state index contributed by atoms with van der Waals surface area (Å²) in [5.74, 6) is 0.962. The maximum absolute atomic E-state index is 12.1. The molecule has 1 nitrogen and oxygen atoms in total. The summed E-state index contributed by atoms with van der Waals surface area (Å²) in [6, 6.07) is 0. The van der Waals surface area contributed by atoms with Gasteiger partial charge < -0.3 is 0 Å². The van der Waals surface area contributed by atoms with Crippen LogP contribution < -0.4 is 0 Å². The SMILES string of the molecule is C[C@]12CCC(=O)[C@H](C1)[C@]1(C)CCC[C@]21C. The monoisotopic (exact) mass is 206 g/mol. The van der Waals surface area contributed by atoms with Crippen LogP contribution in [0.2, 0.25) is 0 Å². The van der Waals surface area contributed by atoms with E-state index in [1.807, 2.05) is 0 Å². The van der Waals surface area contributed by atoms with Crippen LogP contribution in [0.25, 0.3) is 0 Å². The van der Waals surface area contributed by atoms with E-state index in [0.29, 0.717) is 27.9 Å². The molecule has 3 rings (SSSR count). The summed E-state index contributed by atoms with van der Waals surface area (Å²) in [5.41, 5.74) is 1.23. The molecule has 0 unspecified atom stereocenters. The largest absolute Gasteiger partial charge is 0.299 e. The van der Waals surface area contributed by atoms with Gasteiger partial charge in [-0.3, -0.25) is 4.79 Å². The van der Waals surface area contributed by atoms with Crippen LogP contribution in [0, 0.1) is 22.2 Å². The van der Waals surface area contributed by atoms with Gasteiger partial charge in [0.25, 0.3) is 0 Å². The van der Waals surface area contributed by atoms with E-state index in [4.69, 9.17) is 0 Å². The zero-order valence-electron chi connectivity index (χ0n) is 10.2. The normalized spacial score (nSPS) is 58.3. The van der Waals surface area contributed by atoms with E-state index in [9.17, 15) is 4.79 Å². The molecule has 0 aliphatic heterocycles. The molecular formula is C14H22O. The van der Waals surface area contributed by atoms with Crippen molar-refractivity contribution in [1.29, 1.82) is 0 Å². The number of ketones is 1. The van der Waals surface area contributed by atoms with Crippen molar-refractivity contribution in [2.24, 2.45) is 22.2 Å². The molecule has 0 N–H and O–H groups in total. The predicted molar refractivity (Wildman–Crippen MR) is 60.5 cm³/mol. The first-order valence-corrected chi connectivity index (χ1v) is 6.46. The van der Waals surface area contributed by atoms with Crippen molar-refractivity contribution in [2.75, 3.05) is 0 Å². The van der Waals surface area contributed by atoms with Crippen LogP contribution in [0.5, 0.6) is 0 Å². The Labute approximate surface area is 92.6 Å². The van der Waals surface area contributed by atoms with Crippen molar-refractivity contribution in [1.82, 2.24) is 0 Å². The third-order valence-corrected chi connectivity index (χ3v) is 6.70. The van der Waals surface area contributed by atoms with Gasteiger partial charge >= 0.3 is 0 Å². The standard InChI is InChI=1S/C14H22O/c1-12-8-5-11(15)10(9-12)13(2)6-4-7-14(12,13)3/h10H,4-9H2,1-3H3/t10-,12-,13-,14+/m0/s1. The molecule has 3 fully saturated rings. The molecule has 3 aliphatic rings. The number of carbonyl (C=O) groups is 1. The van der Waals surface area contributed by atoms with Crippen LogP contribution in [0.15, 0.2) is 0 Å².